The van der Waals surface area contributed by atoms with E-state index in [-0.39, 0.29) is 28.0 Å². The monoisotopic (exact) mass is 456 g/mol. The van der Waals surface area contributed by atoms with E-state index in [1.54, 1.807) is 18.0 Å². The van der Waals surface area contributed by atoms with E-state index >= 15 is 0 Å². The van der Waals surface area contributed by atoms with Gasteiger partial charge < -0.3 is 10.0 Å². The number of aromatic carboxylic acids is 1. The van der Waals surface area contributed by atoms with E-state index in [2.05, 4.69) is 24.8 Å². The number of rotatable bonds is 4. The number of thiophene rings is 1. The lowest BCUT2D eigenvalue weighted by Crippen LogP contribution is -2.55. The van der Waals surface area contributed by atoms with Gasteiger partial charge in [-0.05, 0) is 65.9 Å². The first-order chi connectivity index (χ1) is 15.0. The van der Waals surface area contributed by atoms with Gasteiger partial charge in [0.1, 0.15) is 10.9 Å². The van der Waals surface area contributed by atoms with E-state index < -0.39 is 12.0 Å². The van der Waals surface area contributed by atoms with Crippen molar-refractivity contribution in [3.05, 3.63) is 27.5 Å². The van der Waals surface area contributed by atoms with Crippen molar-refractivity contribution >= 4 is 34.8 Å². The second-order valence-electron chi connectivity index (χ2n) is 9.78. The van der Waals surface area contributed by atoms with Crippen molar-refractivity contribution in [3.8, 4) is 11.8 Å². The predicted octanol–water partition coefficient (Wildman–Crippen LogP) is 4.54. The van der Waals surface area contributed by atoms with Crippen LogP contribution in [0.5, 0.6) is 0 Å². The van der Waals surface area contributed by atoms with Crippen LogP contribution in [-0.4, -0.2) is 47.4 Å². The van der Waals surface area contributed by atoms with Gasteiger partial charge in [0.05, 0.1) is 10.6 Å². The van der Waals surface area contributed by atoms with Crippen LogP contribution in [0.2, 0.25) is 0 Å². The fourth-order valence-electron chi connectivity index (χ4n) is 4.10. The van der Waals surface area contributed by atoms with Crippen LogP contribution < -0.4 is 4.90 Å². The Labute approximate surface area is 194 Å². The average Bonchev–Trinajstić information content (AvgIpc) is 3.14. The molecule has 1 aromatic heterocycles. The number of nitrogens with zero attached hydrogens (tertiary/aromatic N) is 2. The van der Waals surface area contributed by atoms with E-state index in [1.165, 1.54) is 10.5 Å². The molecule has 0 saturated carbocycles. The Morgan fingerprint density at radius 1 is 1.28 bits per heavy atom. The Hall–Kier alpha value is -2.59. The highest BCUT2D eigenvalue weighted by Gasteiger charge is 2.40. The Kier molecular flexibility index (Phi) is 7.14. The highest BCUT2D eigenvalue weighted by atomic mass is 32.1. The third kappa shape index (κ3) is 5.42. The van der Waals surface area contributed by atoms with Gasteiger partial charge in [-0.2, -0.15) is 0 Å². The van der Waals surface area contributed by atoms with Crippen LogP contribution >= 0.6 is 11.3 Å². The lowest BCUT2D eigenvalue weighted by molar-refractivity contribution is -0.136. The molecule has 1 fully saturated rings. The van der Waals surface area contributed by atoms with Crippen LogP contribution in [-0.2, 0) is 9.59 Å². The smallest absolute Gasteiger partial charge is 0.348 e. The van der Waals surface area contributed by atoms with Gasteiger partial charge in [0.2, 0.25) is 11.8 Å². The number of hydrogen-bond donors (Lipinski definition) is 1. The summed E-state index contributed by atoms with van der Waals surface area (Å²) in [6.07, 6.45) is 5.52. The Bertz CT molecular complexity index is 1010. The van der Waals surface area contributed by atoms with Crippen molar-refractivity contribution in [1.82, 2.24) is 4.90 Å². The fourth-order valence-corrected chi connectivity index (χ4v) is 4.94. The molecule has 6 nitrogen and oxygen atoms in total. The quantitative estimate of drug-likeness (QED) is 0.533. The minimum Gasteiger partial charge on any atom is -0.477 e. The van der Waals surface area contributed by atoms with Crippen LogP contribution in [0.3, 0.4) is 0 Å². The number of carbonyl (C=O) groups excluding carboxylic acids is 2. The van der Waals surface area contributed by atoms with Crippen molar-refractivity contribution in [2.75, 3.05) is 18.5 Å². The van der Waals surface area contributed by atoms with Crippen LogP contribution in [0.4, 0.5) is 5.69 Å². The van der Waals surface area contributed by atoms with Gasteiger partial charge >= 0.3 is 5.97 Å². The van der Waals surface area contributed by atoms with Crippen molar-refractivity contribution in [1.29, 1.82) is 0 Å². The maximum Gasteiger partial charge on any atom is 0.348 e. The number of anilines is 1. The van der Waals surface area contributed by atoms with Gasteiger partial charge in [-0.25, -0.2) is 4.79 Å². The summed E-state index contributed by atoms with van der Waals surface area (Å²) in [5, 5.41) is 9.92. The zero-order valence-corrected chi connectivity index (χ0v) is 20.3. The number of likely N-dealkylation sites (N-methyl/N-ethyl adjacent to an activating group) is 1. The molecule has 1 aromatic rings. The summed E-state index contributed by atoms with van der Waals surface area (Å²) in [5.41, 5.74) is 1.32. The molecule has 2 atom stereocenters. The van der Waals surface area contributed by atoms with E-state index in [0.29, 0.717) is 36.4 Å². The molecule has 32 heavy (non-hydrogen) atoms. The first-order valence-electron chi connectivity index (χ1n) is 11.1. The van der Waals surface area contributed by atoms with Crippen molar-refractivity contribution < 1.29 is 19.5 Å². The summed E-state index contributed by atoms with van der Waals surface area (Å²) >= 11 is 1.06. The minimum absolute atomic E-state index is 0.0557. The van der Waals surface area contributed by atoms with Gasteiger partial charge in [-0.3, -0.25) is 14.5 Å². The van der Waals surface area contributed by atoms with Crippen LogP contribution in [0, 0.1) is 23.2 Å². The molecule has 1 N–H and O–H groups in total. The second kappa shape index (κ2) is 9.50. The standard InChI is InChI=1S/C25H32N2O4S/c1-16-8-10-17(11-9-16)22(28)27(19-7-6-14-26(5)23(19)29)20-15-18(12-13-25(2,3)4)32-21(20)24(30)31/h8,15,17,19H,6-7,9-11,14H2,1-5H3,(H,30,31)/t17-,19+/m1/s1. The summed E-state index contributed by atoms with van der Waals surface area (Å²) in [6, 6.07) is 0.987. The molecule has 0 aromatic carbocycles. The van der Waals surface area contributed by atoms with Crippen LogP contribution in [0.1, 0.15) is 74.3 Å². The molecule has 172 valence electrons. The molecule has 0 radical (unpaired) electrons. The lowest BCUT2D eigenvalue weighted by Gasteiger charge is -2.38. The highest BCUT2D eigenvalue weighted by Crippen LogP contribution is 2.36. The number of amides is 2. The normalized spacial score (nSPS) is 21.5. The van der Waals surface area contributed by atoms with Gasteiger partial charge in [0.25, 0.3) is 0 Å². The lowest BCUT2D eigenvalue weighted by atomic mass is 9.88. The first kappa shape index (κ1) is 24.1. The summed E-state index contributed by atoms with van der Waals surface area (Å²) < 4.78 is 0. The molecule has 2 heterocycles. The maximum atomic E-state index is 13.8. The number of carboxylic acid groups (broad SMARTS) is 1. The largest absolute Gasteiger partial charge is 0.477 e. The van der Waals surface area contributed by atoms with E-state index in [1.807, 2.05) is 20.8 Å². The summed E-state index contributed by atoms with van der Waals surface area (Å²) in [7, 11) is 1.73. The number of carboxylic acids is 1. The molecular weight excluding hydrogens is 424 g/mol. The molecule has 3 rings (SSSR count). The molecule has 2 aliphatic rings. The molecule has 2 amide bonds. The van der Waals surface area contributed by atoms with Gasteiger partial charge in [-0.15, -0.1) is 11.3 Å². The van der Waals surface area contributed by atoms with Crippen LogP contribution in [0.25, 0.3) is 0 Å². The molecule has 0 spiro atoms. The molecule has 0 bridgehead atoms. The average molecular weight is 457 g/mol. The number of allylic oxidation sites excluding steroid dienone is 2. The first-order valence-corrected chi connectivity index (χ1v) is 11.9. The third-order valence-electron chi connectivity index (χ3n) is 5.90. The summed E-state index contributed by atoms with van der Waals surface area (Å²) in [4.78, 5) is 42.7. The zero-order valence-electron chi connectivity index (χ0n) is 19.5. The molecule has 1 aliphatic heterocycles. The maximum absolute atomic E-state index is 13.8. The number of hydrogen-bond acceptors (Lipinski definition) is 4. The number of piperidine rings is 1. The highest BCUT2D eigenvalue weighted by molar-refractivity contribution is 7.15. The van der Waals surface area contributed by atoms with Gasteiger partial charge in [0.15, 0.2) is 0 Å². The van der Waals surface area contributed by atoms with Crippen molar-refractivity contribution in [2.45, 2.75) is 65.8 Å². The topological polar surface area (TPSA) is 77.9 Å². The molecule has 1 saturated heterocycles. The van der Waals surface area contributed by atoms with Crippen molar-refractivity contribution in [3.63, 3.8) is 0 Å². The van der Waals surface area contributed by atoms with Gasteiger partial charge in [-0.1, -0.05) is 23.5 Å². The molecule has 1 aliphatic carbocycles. The Balaban J connectivity index is 2.09. The van der Waals surface area contributed by atoms with E-state index in [9.17, 15) is 19.5 Å². The zero-order chi connectivity index (χ0) is 23.6. The fraction of sp³-hybridized carbons (Fsp3) is 0.560. The molecule has 7 heteroatoms. The predicted molar refractivity (Wildman–Crippen MR) is 127 cm³/mol. The summed E-state index contributed by atoms with van der Waals surface area (Å²) in [5.74, 6) is 4.52. The minimum atomic E-state index is -1.11. The Morgan fingerprint density at radius 2 is 2.00 bits per heavy atom. The summed E-state index contributed by atoms with van der Waals surface area (Å²) in [6.45, 7) is 8.65. The number of carbonyl (C=O) groups is 3. The van der Waals surface area contributed by atoms with Crippen molar-refractivity contribution in [2.24, 2.45) is 11.3 Å². The third-order valence-corrected chi connectivity index (χ3v) is 6.92. The van der Waals surface area contributed by atoms with E-state index in [0.717, 1.165) is 24.2 Å². The molecular formula is C25H32N2O4S. The SMILES string of the molecule is CC1=CC[C@@H](C(=O)N(c2cc(C#CC(C)(C)C)sc2C(=O)O)[C@H]2CCCN(C)C2=O)CC1. The van der Waals surface area contributed by atoms with E-state index in [4.69, 9.17) is 0 Å². The Morgan fingerprint density at radius 3 is 2.59 bits per heavy atom. The molecule has 0 unspecified atom stereocenters. The van der Waals surface area contributed by atoms with Crippen LogP contribution in [0.15, 0.2) is 17.7 Å². The number of likely N-dealkylation sites (tertiary alicyclic amines) is 1. The second-order valence-corrected chi connectivity index (χ2v) is 10.8. The van der Waals surface area contributed by atoms with Gasteiger partial charge in [0, 0.05) is 24.9 Å².